The van der Waals surface area contributed by atoms with E-state index in [4.69, 9.17) is 4.74 Å². The van der Waals surface area contributed by atoms with E-state index in [0.29, 0.717) is 38.6 Å². The summed E-state index contributed by atoms with van der Waals surface area (Å²) in [4.78, 5) is 19.1. The number of hydrogen-bond donors (Lipinski definition) is 1. The molecule has 1 aliphatic rings. The second-order valence-corrected chi connectivity index (χ2v) is 6.19. The van der Waals surface area contributed by atoms with Crippen LogP contribution in [0.1, 0.15) is 13.3 Å². The first-order valence-corrected chi connectivity index (χ1v) is 7.96. The fraction of sp³-hybridized carbons (Fsp3) is 0.867. The van der Waals surface area contributed by atoms with Crippen molar-refractivity contribution >= 4 is 11.9 Å². The van der Waals surface area contributed by atoms with E-state index >= 15 is 0 Å². The van der Waals surface area contributed by atoms with Crippen molar-refractivity contribution in [3.05, 3.63) is 0 Å². The normalized spacial score (nSPS) is 22.2. The highest BCUT2D eigenvalue weighted by Crippen LogP contribution is 2.24. The number of hydrogen-bond acceptors (Lipinski definition) is 4. The van der Waals surface area contributed by atoms with Gasteiger partial charge in [0.2, 0.25) is 0 Å². The van der Waals surface area contributed by atoms with Gasteiger partial charge in [-0.1, -0.05) is 6.92 Å². The number of aliphatic imine (C=N–C) groups is 1. The number of halogens is 3. The van der Waals surface area contributed by atoms with Gasteiger partial charge in [0.15, 0.2) is 5.96 Å². The quantitative estimate of drug-likeness (QED) is 0.337. The first kappa shape index (κ1) is 20.5. The molecule has 0 aromatic carbocycles. The number of alkyl halides is 3. The Balaban J connectivity index is 2.37. The van der Waals surface area contributed by atoms with Gasteiger partial charge in [-0.25, -0.2) is 0 Å². The van der Waals surface area contributed by atoms with E-state index in [2.05, 4.69) is 10.3 Å². The van der Waals surface area contributed by atoms with Gasteiger partial charge in [-0.3, -0.25) is 14.7 Å². The van der Waals surface area contributed by atoms with Crippen molar-refractivity contribution in [1.82, 2.24) is 15.1 Å². The Morgan fingerprint density at radius 1 is 1.42 bits per heavy atom. The second kappa shape index (κ2) is 9.10. The zero-order valence-corrected chi connectivity index (χ0v) is 14.7. The molecule has 0 radical (unpaired) electrons. The Bertz CT molecular complexity index is 443. The Morgan fingerprint density at radius 3 is 2.62 bits per heavy atom. The highest BCUT2D eigenvalue weighted by Gasteiger charge is 2.36. The average molecular weight is 352 g/mol. The van der Waals surface area contributed by atoms with Crippen LogP contribution in [0.15, 0.2) is 4.99 Å². The summed E-state index contributed by atoms with van der Waals surface area (Å²) in [7, 11) is 4.47. The molecular weight excluding hydrogens is 325 g/mol. The predicted molar refractivity (Wildman–Crippen MR) is 85.8 cm³/mol. The summed E-state index contributed by atoms with van der Waals surface area (Å²) >= 11 is 0. The summed E-state index contributed by atoms with van der Waals surface area (Å²) in [6, 6.07) is 0. The molecule has 1 heterocycles. The molecule has 0 spiro atoms. The lowest BCUT2D eigenvalue weighted by Gasteiger charge is -2.22. The van der Waals surface area contributed by atoms with Crippen LogP contribution in [0.2, 0.25) is 0 Å². The van der Waals surface area contributed by atoms with Gasteiger partial charge < -0.3 is 15.0 Å². The number of carbonyl (C=O) groups excluding carboxylic acids is 1. The number of methoxy groups -OCH3 is 1. The van der Waals surface area contributed by atoms with Crippen molar-refractivity contribution in [2.75, 3.05) is 53.9 Å². The second-order valence-electron chi connectivity index (χ2n) is 6.19. The van der Waals surface area contributed by atoms with Crippen molar-refractivity contribution in [2.45, 2.75) is 19.5 Å². The van der Waals surface area contributed by atoms with Gasteiger partial charge in [-0.15, -0.1) is 0 Å². The summed E-state index contributed by atoms with van der Waals surface area (Å²) in [6.45, 7) is 3.15. The number of rotatable bonds is 6. The van der Waals surface area contributed by atoms with Crippen molar-refractivity contribution < 1.29 is 22.7 Å². The van der Waals surface area contributed by atoms with E-state index in [1.807, 2.05) is 11.8 Å². The van der Waals surface area contributed by atoms with E-state index in [-0.39, 0.29) is 17.8 Å². The lowest BCUT2D eigenvalue weighted by Crippen LogP contribution is -2.41. The first-order chi connectivity index (χ1) is 11.2. The van der Waals surface area contributed by atoms with E-state index in [1.54, 1.807) is 7.05 Å². The molecule has 0 aromatic rings. The molecule has 6 nitrogen and oxygen atoms in total. The zero-order chi connectivity index (χ0) is 18.3. The molecule has 0 aromatic heterocycles. The molecule has 24 heavy (non-hydrogen) atoms. The molecule has 1 aliphatic heterocycles. The molecular formula is C15H27F3N4O2. The largest absolute Gasteiger partial charge is 0.469 e. The molecule has 0 amide bonds. The fourth-order valence-corrected chi connectivity index (χ4v) is 2.86. The topological polar surface area (TPSA) is 57.2 Å². The molecule has 0 bridgehead atoms. The summed E-state index contributed by atoms with van der Waals surface area (Å²) in [6.07, 6.45) is -3.61. The number of ether oxygens (including phenoxy) is 1. The molecule has 1 saturated heterocycles. The third-order valence-corrected chi connectivity index (χ3v) is 4.08. The summed E-state index contributed by atoms with van der Waals surface area (Å²) < 4.78 is 41.6. The van der Waals surface area contributed by atoms with Gasteiger partial charge in [-0.2, -0.15) is 13.2 Å². The van der Waals surface area contributed by atoms with E-state index in [9.17, 15) is 18.0 Å². The zero-order valence-electron chi connectivity index (χ0n) is 14.7. The predicted octanol–water partition coefficient (Wildman–Crippen LogP) is 1.19. The van der Waals surface area contributed by atoms with Crippen LogP contribution >= 0.6 is 0 Å². The lowest BCUT2D eigenvalue weighted by atomic mass is 9.99. The SMILES string of the molecule is CN=C(NCCCN(C)CC(F)(F)F)N1CC(C)C(C(=O)OC)C1. The van der Waals surface area contributed by atoms with Crippen LogP contribution in [0.25, 0.3) is 0 Å². The maximum Gasteiger partial charge on any atom is 0.401 e. The molecule has 9 heteroatoms. The molecule has 2 atom stereocenters. The minimum absolute atomic E-state index is 0.161. The number of guanidine groups is 1. The number of nitrogens with one attached hydrogen (secondary N) is 1. The molecule has 0 aliphatic carbocycles. The molecule has 2 unspecified atom stereocenters. The van der Waals surface area contributed by atoms with Crippen molar-refractivity contribution in [3.63, 3.8) is 0 Å². The van der Waals surface area contributed by atoms with Crippen molar-refractivity contribution in [3.8, 4) is 0 Å². The lowest BCUT2D eigenvalue weighted by molar-refractivity contribution is -0.146. The third-order valence-electron chi connectivity index (χ3n) is 4.08. The van der Waals surface area contributed by atoms with Crippen LogP contribution in [0.4, 0.5) is 13.2 Å². The Labute approximate surface area is 141 Å². The molecule has 1 fully saturated rings. The Morgan fingerprint density at radius 2 is 2.08 bits per heavy atom. The van der Waals surface area contributed by atoms with Crippen molar-refractivity contribution in [2.24, 2.45) is 16.8 Å². The summed E-state index contributed by atoms with van der Waals surface area (Å²) in [5.41, 5.74) is 0. The Hall–Kier alpha value is -1.51. The Kier molecular flexibility index (Phi) is 7.78. The van der Waals surface area contributed by atoms with Crippen LogP contribution in [-0.2, 0) is 9.53 Å². The molecule has 0 saturated carbocycles. The average Bonchev–Trinajstić information content (AvgIpc) is 2.86. The minimum Gasteiger partial charge on any atom is -0.469 e. The van der Waals surface area contributed by atoms with E-state index in [1.165, 1.54) is 19.1 Å². The van der Waals surface area contributed by atoms with Gasteiger partial charge in [0.25, 0.3) is 0 Å². The van der Waals surface area contributed by atoms with Crippen LogP contribution in [-0.4, -0.2) is 81.8 Å². The van der Waals surface area contributed by atoms with E-state index in [0.717, 1.165) is 0 Å². The molecule has 1 N–H and O–H groups in total. The third kappa shape index (κ3) is 6.54. The van der Waals surface area contributed by atoms with Crippen LogP contribution in [0, 0.1) is 11.8 Å². The summed E-state index contributed by atoms with van der Waals surface area (Å²) in [5.74, 6) is 0.404. The molecule has 140 valence electrons. The van der Waals surface area contributed by atoms with Gasteiger partial charge in [0, 0.05) is 26.7 Å². The van der Waals surface area contributed by atoms with Crippen LogP contribution in [0.3, 0.4) is 0 Å². The minimum atomic E-state index is -4.17. The highest BCUT2D eigenvalue weighted by atomic mass is 19.4. The van der Waals surface area contributed by atoms with Gasteiger partial charge in [0.1, 0.15) is 0 Å². The van der Waals surface area contributed by atoms with Gasteiger partial charge in [0.05, 0.1) is 19.6 Å². The van der Waals surface area contributed by atoms with Gasteiger partial charge in [-0.05, 0) is 25.9 Å². The smallest absolute Gasteiger partial charge is 0.401 e. The number of likely N-dealkylation sites (tertiary alicyclic amines) is 1. The van der Waals surface area contributed by atoms with Crippen LogP contribution < -0.4 is 5.32 Å². The van der Waals surface area contributed by atoms with Crippen molar-refractivity contribution in [1.29, 1.82) is 0 Å². The first-order valence-electron chi connectivity index (χ1n) is 7.96. The summed E-state index contributed by atoms with van der Waals surface area (Å²) in [5, 5.41) is 3.14. The number of carbonyl (C=O) groups is 1. The van der Waals surface area contributed by atoms with Gasteiger partial charge >= 0.3 is 12.1 Å². The molecule has 1 rings (SSSR count). The maximum absolute atomic E-state index is 12.2. The van der Waals surface area contributed by atoms with E-state index < -0.39 is 12.7 Å². The highest BCUT2D eigenvalue weighted by molar-refractivity contribution is 5.82. The maximum atomic E-state index is 12.2. The number of esters is 1. The standard InChI is InChI=1S/C15H27F3N4O2/c1-11-8-22(9-12(11)13(23)24-4)14(19-2)20-6-5-7-21(3)10-15(16,17)18/h11-12H,5-10H2,1-4H3,(H,19,20). The number of nitrogens with zero attached hydrogens (tertiary/aromatic N) is 3. The fourth-order valence-electron chi connectivity index (χ4n) is 2.86. The van der Waals surface area contributed by atoms with Crippen LogP contribution in [0.5, 0.6) is 0 Å². The monoisotopic (exact) mass is 352 g/mol.